The topological polar surface area (TPSA) is 58.4 Å². The van der Waals surface area contributed by atoms with E-state index in [0.717, 1.165) is 6.07 Å². The summed E-state index contributed by atoms with van der Waals surface area (Å²) in [6.07, 6.45) is -4.46. The van der Waals surface area contributed by atoms with Gasteiger partial charge in [-0.15, -0.1) is 0 Å². The number of amides is 1. The first kappa shape index (κ1) is 17.3. The van der Waals surface area contributed by atoms with Gasteiger partial charge in [-0.2, -0.15) is 13.2 Å². The van der Waals surface area contributed by atoms with E-state index in [4.69, 9.17) is 5.73 Å². The van der Waals surface area contributed by atoms with Crippen LogP contribution in [0.5, 0.6) is 0 Å². The number of halogens is 3. The van der Waals surface area contributed by atoms with Gasteiger partial charge in [0, 0.05) is 25.3 Å². The highest BCUT2D eigenvalue weighted by atomic mass is 19.4. The van der Waals surface area contributed by atoms with E-state index in [1.807, 2.05) is 0 Å². The summed E-state index contributed by atoms with van der Waals surface area (Å²) in [4.78, 5) is 13.2. The van der Waals surface area contributed by atoms with Crippen LogP contribution in [-0.4, -0.2) is 25.5 Å². The summed E-state index contributed by atoms with van der Waals surface area (Å²) in [5, 5.41) is 2.62. The van der Waals surface area contributed by atoms with Gasteiger partial charge in [0.1, 0.15) is 0 Å². The van der Waals surface area contributed by atoms with Crippen molar-refractivity contribution in [3.63, 3.8) is 0 Å². The molecule has 0 heterocycles. The van der Waals surface area contributed by atoms with Crippen LogP contribution in [-0.2, 0) is 17.5 Å². The first-order valence-corrected chi connectivity index (χ1v) is 6.75. The molecular weight excluding hydrogens is 283 g/mol. The zero-order chi connectivity index (χ0) is 16.0. The van der Waals surface area contributed by atoms with Gasteiger partial charge in [0.2, 0.25) is 5.91 Å². The van der Waals surface area contributed by atoms with E-state index < -0.39 is 11.7 Å². The number of rotatable bonds is 6. The van der Waals surface area contributed by atoms with Crippen molar-refractivity contribution in [2.45, 2.75) is 26.6 Å². The maximum atomic E-state index is 13.0. The Labute approximate surface area is 122 Å². The van der Waals surface area contributed by atoms with E-state index in [0.29, 0.717) is 18.8 Å². The van der Waals surface area contributed by atoms with Crippen LogP contribution in [0.25, 0.3) is 0 Å². The van der Waals surface area contributed by atoms with Gasteiger partial charge in [-0.05, 0) is 31.5 Å². The quantitative estimate of drug-likeness (QED) is 0.846. The number of hydrogen-bond donors (Lipinski definition) is 2. The third-order valence-electron chi connectivity index (χ3n) is 3.07. The van der Waals surface area contributed by atoms with Crippen LogP contribution in [0.2, 0.25) is 0 Å². The number of benzene rings is 1. The van der Waals surface area contributed by atoms with Crippen LogP contribution in [0.15, 0.2) is 18.2 Å². The van der Waals surface area contributed by atoms with Gasteiger partial charge < -0.3 is 16.0 Å². The highest BCUT2D eigenvalue weighted by Gasteiger charge is 2.33. The predicted molar refractivity (Wildman–Crippen MR) is 75.9 cm³/mol. The number of nitrogens with zero attached hydrogens (tertiary/aromatic N) is 1. The second-order valence-corrected chi connectivity index (χ2v) is 4.51. The average molecular weight is 303 g/mol. The van der Waals surface area contributed by atoms with Crippen LogP contribution in [0.4, 0.5) is 18.9 Å². The van der Waals surface area contributed by atoms with Crippen molar-refractivity contribution in [3.8, 4) is 0 Å². The Morgan fingerprint density at radius 3 is 2.48 bits per heavy atom. The van der Waals surface area contributed by atoms with Crippen molar-refractivity contribution < 1.29 is 18.0 Å². The van der Waals surface area contributed by atoms with Crippen molar-refractivity contribution in [2.75, 3.05) is 24.5 Å². The first-order valence-electron chi connectivity index (χ1n) is 6.75. The molecule has 0 aromatic heterocycles. The lowest BCUT2D eigenvalue weighted by Gasteiger charge is -2.24. The van der Waals surface area contributed by atoms with Crippen molar-refractivity contribution in [1.29, 1.82) is 0 Å². The highest BCUT2D eigenvalue weighted by molar-refractivity contribution is 5.81. The van der Waals surface area contributed by atoms with Gasteiger partial charge in [-0.1, -0.05) is 6.07 Å². The summed E-state index contributed by atoms with van der Waals surface area (Å²) in [5.41, 5.74) is 4.99. The summed E-state index contributed by atoms with van der Waals surface area (Å²) in [6, 6.07) is 3.96. The molecule has 7 heteroatoms. The van der Waals surface area contributed by atoms with E-state index in [2.05, 4.69) is 5.32 Å². The number of hydrogen-bond acceptors (Lipinski definition) is 3. The fraction of sp³-hybridized carbons (Fsp3) is 0.500. The van der Waals surface area contributed by atoms with Gasteiger partial charge in [0.25, 0.3) is 0 Å². The number of nitrogens with one attached hydrogen (secondary N) is 1. The molecule has 1 amide bonds. The Morgan fingerprint density at radius 1 is 1.33 bits per heavy atom. The maximum absolute atomic E-state index is 13.0. The molecule has 1 aromatic carbocycles. The second-order valence-electron chi connectivity index (χ2n) is 4.51. The minimum absolute atomic E-state index is 0.0175. The second kappa shape index (κ2) is 7.31. The van der Waals surface area contributed by atoms with Gasteiger partial charge in [-0.3, -0.25) is 4.79 Å². The summed E-state index contributed by atoms with van der Waals surface area (Å²) in [7, 11) is 0. The first-order chi connectivity index (χ1) is 9.83. The molecule has 0 bridgehead atoms. The number of anilines is 1. The molecular formula is C14H20F3N3O. The van der Waals surface area contributed by atoms with E-state index in [1.54, 1.807) is 24.8 Å². The van der Waals surface area contributed by atoms with Crippen molar-refractivity contribution in [1.82, 2.24) is 5.32 Å². The number of nitrogens with two attached hydrogens (primary N) is 1. The molecule has 0 unspecified atom stereocenters. The van der Waals surface area contributed by atoms with Crippen molar-refractivity contribution in [2.24, 2.45) is 5.73 Å². The molecule has 0 saturated heterocycles. The van der Waals surface area contributed by atoms with Gasteiger partial charge >= 0.3 is 6.18 Å². The van der Waals surface area contributed by atoms with E-state index in [9.17, 15) is 18.0 Å². The fourth-order valence-electron chi connectivity index (χ4n) is 2.02. The Bertz CT molecular complexity index is 489. The minimum atomic E-state index is -4.46. The third-order valence-corrected chi connectivity index (χ3v) is 3.07. The summed E-state index contributed by atoms with van der Waals surface area (Å²) in [6.45, 7) is 4.31. The lowest BCUT2D eigenvalue weighted by Crippen LogP contribution is -2.37. The van der Waals surface area contributed by atoms with E-state index in [1.165, 1.54) is 6.07 Å². The summed E-state index contributed by atoms with van der Waals surface area (Å²) < 4.78 is 39.0. The maximum Gasteiger partial charge on any atom is 0.416 e. The molecule has 118 valence electrons. The van der Waals surface area contributed by atoms with E-state index in [-0.39, 0.29) is 24.6 Å². The van der Waals surface area contributed by atoms with E-state index >= 15 is 0 Å². The molecule has 1 aromatic rings. The van der Waals surface area contributed by atoms with Crippen LogP contribution in [0.1, 0.15) is 25.0 Å². The Balaban J connectivity index is 3.08. The molecule has 0 saturated carbocycles. The number of likely N-dealkylation sites (N-methyl/N-ethyl adjacent to an activating group) is 2. The van der Waals surface area contributed by atoms with Gasteiger partial charge in [-0.25, -0.2) is 0 Å². The predicted octanol–water partition coefficient (Wildman–Crippen LogP) is 2.13. The molecule has 0 aliphatic carbocycles. The largest absolute Gasteiger partial charge is 0.416 e. The van der Waals surface area contributed by atoms with Crippen LogP contribution < -0.4 is 16.0 Å². The standard InChI is InChI=1S/C14H20F3N3O/c1-3-19-13(21)9-20(4-2)11-6-5-10(8-18)12(7-11)14(15,16)17/h5-7H,3-4,8-9,18H2,1-2H3,(H,19,21). The molecule has 0 atom stereocenters. The molecule has 0 aliphatic rings. The van der Waals surface area contributed by atoms with Crippen molar-refractivity contribution >= 4 is 11.6 Å². The minimum Gasteiger partial charge on any atom is -0.362 e. The number of carbonyl (C=O) groups excluding carboxylic acids is 1. The Morgan fingerprint density at radius 2 is 2.00 bits per heavy atom. The lowest BCUT2D eigenvalue weighted by molar-refractivity contribution is -0.138. The molecule has 0 aliphatic heterocycles. The Hall–Kier alpha value is -1.76. The molecule has 1 rings (SSSR count). The fourth-order valence-corrected chi connectivity index (χ4v) is 2.02. The third kappa shape index (κ3) is 4.63. The number of alkyl halides is 3. The lowest BCUT2D eigenvalue weighted by atomic mass is 10.1. The molecule has 3 N–H and O–H groups in total. The SMILES string of the molecule is CCNC(=O)CN(CC)c1ccc(CN)c(C(F)(F)F)c1. The highest BCUT2D eigenvalue weighted by Crippen LogP contribution is 2.34. The van der Waals surface area contributed by atoms with Crippen LogP contribution >= 0.6 is 0 Å². The zero-order valence-electron chi connectivity index (χ0n) is 12.1. The molecule has 0 radical (unpaired) electrons. The molecule has 4 nitrogen and oxygen atoms in total. The molecule has 0 fully saturated rings. The summed E-state index contributed by atoms with van der Waals surface area (Å²) >= 11 is 0. The van der Waals surface area contributed by atoms with Crippen LogP contribution in [0, 0.1) is 0 Å². The normalized spacial score (nSPS) is 11.3. The number of carbonyl (C=O) groups is 1. The Kier molecular flexibility index (Phi) is 6.02. The van der Waals surface area contributed by atoms with Crippen molar-refractivity contribution in [3.05, 3.63) is 29.3 Å². The monoisotopic (exact) mass is 303 g/mol. The smallest absolute Gasteiger partial charge is 0.362 e. The van der Waals surface area contributed by atoms with Crippen LogP contribution in [0.3, 0.4) is 0 Å². The average Bonchev–Trinajstić information content (AvgIpc) is 2.43. The summed E-state index contributed by atoms with van der Waals surface area (Å²) in [5.74, 6) is -0.226. The molecule has 0 spiro atoms. The zero-order valence-corrected chi connectivity index (χ0v) is 12.1. The van der Waals surface area contributed by atoms with Gasteiger partial charge in [0.05, 0.1) is 12.1 Å². The molecule has 21 heavy (non-hydrogen) atoms. The van der Waals surface area contributed by atoms with Gasteiger partial charge in [0.15, 0.2) is 0 Å².